The summed E-state index contributed by atoms with van der Waals surface area (Å²) in [6, 6.07) is 0. The van der Waals surface area contributed by atoms with E-state index in [-0.39, 0.29) is 0 Å². The highest BCUT2D eigenvalue weighted by molar-refractivity contribution is 4.88. The van der Waals surface area contributed by atoms with Crippen LogP contribution in [0.2, 0.25) is 0 Å². The fourth-order valence-electron chi connectivity index (χ4n) is 1.59. The van der Waals surface area contributed by atoms with E-state index in [1.807, 2.05) is 0 Å². The first-order valence-corrected chi connectivity index (χ1v) is 5.18. The highest BCUT2D eigenvalue weighted by atomic mass is 14.3. The van der Waals surface area contributed by atoms with E-state index in [2.05, 4.69) is 48.5 Å². The lowest BCUT2D eigenvalue weighted by atomic mass is 9.75. The lowest BCUT2D eigenvalue weighted by molar-refractivity contribution is 0.231. The van der Waals surface area contributed by atoms with Crippen molar-refractivity contribution in [1.82, 2.24) is 0 Å². The summed E-state index contributed by atoms with van der Waals surface area (Å²) in [6.45, 7) is 16.2. The molecule has 0 spiro atoms. The maximum atomic E-state index is 2.38. The second-order valence-electron chi connectivity index (χ2n) is 4.83. The van der Waals surface area contributed by atoms with Crippen molar-refractivity contribution in [2.75, 3.05) is 0 Å². The van der Waals surface area contributed by atoms with E-state index in [0.29, 0.717) is 0 Å². The molecule has 0 fully saturated rings. The van der Waals surface area contributed by atoms with Gasteiger partial charge in [-0.2, -0.15) is 0 Å². The molecule has 0 nitrogen and oxygen atoms in total. The van der Waals surface area contributed by atoms with Gasteiger partial charge >= 0.3 is 0 Å². The molecule has 3 atom stereocenters. The maximum absolute atomic E-state index is 2.38. The van der Waals surface area contributed by atoms with Crippen LogP contribution in [-0.2, 0) is 0 Å². The van der Waals surface area contributed by atoms with Gasteiger partial charge in [0.25, 0.3) is 0 Å². The summed E-state index contributed by atoms with van der Waals surface area (Å²) in [5.74, 6) is 4.78. The molecule has 0 bridgehead atoms. The zero-order chi connectivity index (χ0) is 9.89. The van der Waals surface area contributed by atoms with Crippen LogP contribution in [0.4, 0.5) is 0 Å². The van der Waals surface area contributed by atoms with Gasteiger partial charge in [0, 0.05) is 0 Å². The summed E-state index contributed by atoms with van der Waals surface area (Å²) in [6.07, 6.45) is 0. The van der Waals surface area contributed by atoms with E-state index in [0.717, 1.165) is 23.7 Å². The van der Waals surface area contributed by atoms with Crippen molar-refractivity contribution in [3.8, 4) is 0 Å². The van der Waals surface area contributed by atoms with Crippen LogP contribution >= 0.6 is 0 Å². The summed E-state index contributed by atoms with van der Waals surface area (Å²) < 4.78 is 0. The molecule has 73 valence electrons. The minimum atomic E-state index is 0.766. The third-order valence-corrected chi connectivity index (χ3v) is 3.58. The van der Waals surface area contributed by atoms with Crippen molar-refractivity contribution in [1.29, 1.82) is 0 Å². The molecule has 1 radical (unpaired) electrons. The van der Waals surface area contributed by atoms with E-state index < -0.39 is 0 Å². The van der Waals surface area contributed by atoms with Gasteiger partial charge in [-0.25, -0.2) is 0 Å². The fraction of sp³-hybridized carbons (Fsp3) is 0.917. The highest BCUT2D eigenvalue weighted by Crippen LogP contribution is 2.31. The van der Waals surface area contributed by atoms with Crippen LogP contribution in [0.15, 0.2) is 0 Å². The Kier molecular flexibility index (Phi) is 4.89. The van der Waals surface area contributed by atoms with Gasteiger partial charge < -0.3 is 0 Å². The van der Waals surface area contributed by atoms with Crippen LogP contribution in [0.1, 0.15) is 48.5 Å². The molecule has 3 unspecified atom stereocenters. The Labute approximate surface area is 78.8 Å². The number of hydrogen-bond acceptors (Lipinski definition) is 0. The molecule has 0 aromatic rings. The Morgan fingerprint density at radius 2 is 1.17 bits per heavy atom. The van der Waals surface area contributed by atoms with Crippen LogP contribution in [0.3, 0.4) is 0 Å². The first-order chi connectivity index (χ1) is 5.37. The minimum absolute atomic E-state index is 0.766. The average Bonchev–Trinajstić information content (AvgIpc) is 2.00. The molecule has 12 heavy (non-hydrogen) atoms. The molecule has 0 saturated carbocycles. The molecular formula is C12H25. The Hall–Kier alpha value is 0. The van der Waals surface area contributed by atoms with Crippen molar-refractivity contribution < 1.29 is 0 Å². The maximum Gasteiger partial charge on any atom is -0.0272 e. The van der Waals surface area contributed by atoms with Crippen LogP contribution in [0.25, 0.3) is 0 Å². The highest BCUT2D eigenvalue weighted by Gasteiger charge is 2.23. The molecule has 0 aliphatic carbocycles. The van der Waals surface area contributed by atoms with Gasteiger partial charge in [-0.1, -0.05) is 48.5 Å². The van der Waals surface area contributed by atoms with E-state index in [9.17, 15) is 0 Å². The summed E-state index contributed by atoms with van der Waals surface area (Å²) in [4.78, 5) is 0. The lowest BCUT2D eigenvalue weighted by Gasteiger charge is -2.30. The first kappa shape index (κ1) is 12.0. The standard InChI is InChI=1S/C12H25/c1-8(2)10(5)12(7)11(6)9(3)4/h8,10-12H,1-7H3. The van der Waals surface area contributed by atoms with Crippen molar-refractivity contribution >= 4 is 0 Å². The van der Waals surface area contributed by atoms with Gasteiger partial charge in [0.05, 0.1) is 0 Å². The zero-order valence-electron chi connectivity index (χ0n) is 9.81. The Morgan fingerprint density at radius 3 is 1.42 bits per heavy atom. The summed E-state index contributed by atoms with van der Waals surface area (Å²) >= 11 is 0. The quantitative estimate of drug-likeness (QED) is 0.592. The molecule has 0 aromatic carbocycles. The van der Waals surface area contributed by atoms with Crippen LogP contribution in [-0.4, -0.2) is 0 Å². The lowest BCUT2D eigenvalue weighted by Crippen LogP contribution is -2.23. The zero-order valence-corrected chi connectivity index (χ0v) is 9.81. The Balaban J connectivity index is 4.08. The van der Waals surface area contributed by atoms with Gasteiger partial charge in [0.1, 0.15) is 0 Å². The molecule has 0 aliphatic heterocycles. The molecule has 0 N–H and O–H groups in total. The summed E-state index contributed by atoms with van der Waals surface area (Å²) in [5, 5.41) is 0. The smallest absolute Gasteiger partial charge is 0.0272 e. The average molecular weight is 169 g/mol. The van der Waals surface area contributed by atoms with E-state index in [4.69, 9.17) is 0 Å². The van der Waals surface area contributed by atoms with Gasteiger partial charge in [0.2, 0.25) is 0 Å². The Morgan fingerprint density at radius 1 is 0.750 bits per heavy atom. The topological polar surface area (TPSA) is 0 Å². The van der Waals surface area contributed by atoms with Crippen LogP contribution in [0, 0.1) is 29.6 Å². The van der Waals surface area contributed by atoms with E-state index >= 15 is 0 Å². The van der Waals surface area contributed by atoms with Crippen molar-refractivity contribution in [3.05, 3.63) is 5.92 Å². The third-order valence-electron chi connectivity index (χ3n) is 3.58. The first-order valence-electron chi connectivity index (χ1n) is 5.18. The molecule has 0 aliphatic rings. The van der Waals surface area contributed by atoms with Crippen LogP contribution in [0.5, 0.6) is 0 Å². The predicted octanol–water partition coefficient (Wildman–Crippen LogP) is 4.16. The molecular weight excluding hydrogens is 144 g/mol. The summed E-state index contributed by atoms with van der Waals surface area (Å²) in [7, 11) is 0. The van der Waals surface area contributed by atoms with Gasteiger partial charge in [-0.3, -0.25) is 0 Å². The normalized spacial score (nSPS) is 19.8. The van der Waals surface area contributed by atoms with Gasteiger partial charge in [-0.15, -0.1) is 0 Å². The summed E-state index contributed by atoms with van der Waals surface area (Å²) in [5.41, 5.74) is 0. The second-order valence-corrected chi connectivity index (χ2v) is 4.83. The molecule has 0 saturated heterocycles. The van der Waals surface area contributed by atoms with Crippen molar-refractivity contribution in [3.63, 3.8) is 0 Å². The van der Waals surface area contributed by atoms with Crippen molar-refractivity contribution in [2.24, 2.45) is 23.7 Å². The fourth-order valence-corrected chi connectivity index (χ4v) is 1.59. The molecule has 0 rings (SSSR count). The monoisotopic (exact) mass is 169 g/mol. The van der Waals surface area contributed by atoms with Gasteiger partial charge in [0.15, 0.2) is 0 Å². The van der Waals surface area contributed by atoms with Crippen molar-refractivity contribution in [2.45, 2.75) is 48.5 Å². The van der Waals surface area contributed by atoms with Gasteiger partial charge in [-0.05, 0) is 29.6 Å². The number of rotatable bonds is 4. The molecule has 0 amide bonds. The molecule has 0 heterocycles. The molecule has 0 heteroatoms. The van der Waals surface area contributed by atoms with E-state index in [1.54, 1.807) is 5.92 Å². The SMILES string of the molecule is C[C](C)C(C)C(C)C(C)C(C)C. The second kappa shape index (κ2) is 4.89. The minimum Gasteiger partial charge on any atom is -0.0625 e. The molecule has 0 aromatic heterocycles. The largest absolute Gasteiger partial charge is 0.0625 e. The predicted molar refractivity (Wildman–Crippen MR) is 56.9 cm³/mol. The van der Waals surface area contributed by atoms with E-state index in [1.165, 1.54) is 0 Å². The van der Waals surface area contributed by atoms with Crippen LogP contribution < -0.4 is 0 Å². The number of hydrogen-bond donors (Lipinski definition) is 0. The third kappa shape index (κ3) is 3.16. The Bertz CT molecular complexity index is 99.2.